The molecule has 0 spiro atoms. The lowest BCUT2D eigenvalue weighted by atomic mass is 9.87. The highest BCUT2D eigenvalue weighted by Gasteiger charge is 2.12. The minimum atomic E-state index is 0.232. The molecular formula is C15H24OS. The summed E-state index contributed by atoms with van der Waals surface area (Å²) in [6.45, 7) is 9.17. The molecule has 1 rings (SSSR count). The zero-order chi connectivity index (χ0) is 12.9. The van der Waals surface area contributed by atoms with Gasteiger partial charge in [0.1, 0.15) is 0 Å². The van der Waals surface area contributed by atoms with Crippen LogP contribution in [-0.4, -0.2) is 17.0 Å². The van der Waals surface area contributed by atoms with E-state index in [0.29, 0.717) is 5.25 Å². The zero-order valence-corrected chi connectivity index (χ0v) is 12.2. The summed E-state index contributed by atoms with van der Waals surface area (Å²) >= 11 is 1.91. The first-order valence-electron chi connectivity index (χ1n) is 6.25. The molecule has 0 aromatic heterocycles. The highest BCUT2D eigenvalue weighted by molar-refractivity contribution is 7.99. The van der Waals surface area contributed by atoms with Crippen LogP contribution in [0.1, 0.15) is 45.2 Å². The Morgan fingerprint density at radius 3 is 2.24 bits per heavy atom. The maximum atomic E-state index is 8.85. The van der Waals surface area contributed by atoms with E-state index in [1.165, 1.54) is 11.1 Å². The van der Waals surface area contributed by atoms with E-state index in [1.54, 1.807) is 0 Å². The van der Waals surface area contributed by atoms with Gasteiger partial charge >= 0.3 is 0 Å². The molecule has 0 saturated carbocycles. The number of rotatable bonds is 5. The van der Waals surface area contributed by atoms with Gasteiger partial charge in [0, 0.05) is 17.6 Å². The molecule has 0 saturated heterocycles. The molecule has 0 bridgehead atoms. The van der Waals surface area contributed by atoms with Crippen LogP contribution in [0.25, 0.3) is 0 Å². The summed E-state index contributed by atoms with van der Waals surface area (Å²) in [7, 11) is 0. The Balaban J connectivity index is 2.51. The lowest BCUT2D eigenvalue weighted by molar-refractivity contribution is 0.289. The van der Waals surface area contributed by atoms with Gasteiger partial charge in [-0.1, -0.05) is 52.0 Å². The van der Waals surface area contributed by atoms with Gasteiger partial charge in [0.15, 0.2) is 0 Å². The molecular weight excluding hydrogens is 228 g/mol. The normalized spacial score (nSPS) is 13.7. The van der Waals surface area contributed by atoms with Crippen LogP contribution in [0.2, 0.25) is 0 Å². The lowest BCUT2D eigenvalue weighted by Gasteiger charge is -2.19. The van der Waals surface area contributed by atoms with Crippen molar-refractivity contribution in [1.82, 2.24) is 0 Å². The van der Waals surface area contributed by atoms with E-state index in [0.717, 1.165) is 12.2 Å². The van der Waals surface area contributed by atoms with E-state index in [1.807, 2.05) is 11.8 Å². The van der Waals surface area contributed by atoms with Gasteiger partial charge in [-0.25, -0.2) is 0 Å². The predicted octanol–water partition coefficient (Wildman–Crippen LogP) is 3.99. The Morgan fingerprint density at radius 2 is 1.76 bits per heavy atom. The van der Waals surface area contributed by atoms with Crippen molar-refractivity contribution in [3.63, 3.8) is 0 Å². The second-order valence-corrected chi connectivity index (χ2v) is 7.01. The number of hydrogen-bond donors (Lipinski definition) is 1. The maximum absolute atomic E-state index is 8.85. The van der Waals surface area contributed by atoms with Crippen molar-refractivity contribution in [2.75, 3.05) is 6.61 Å². The molecule has 1 nitrogen and oxygen atoms in total. The Kier molecular flexibility index (Phi) is 5.54. The minimum Gasteiger partial charge on any atom is -0.396 e. The molecule has 0 aliphatic heterocycles. The van der Waals surface area contributed by atoms with Crippen molar-refractivity contribution in [1.29, 1.82) is 0 Å². The van der Waals surface area contributed by atoms with Gasteiger partial charge in [0.05, 0.1) is 0 Å². The standard InChI is InChI=1S/C15H24OS/c1-12(9-10-16)17-11-13-5-7-14(8-6-13)15(2,3)4/h5-8,12,16H,9-11H2,1-4H3. The fraction of sp³-hybridized carbons (Fsp3) is 0.600. The molecule has 0 aliphatic rings. The van der Waals surface area contributed by atoms with E-state index < -0.39 is 0 Å². The highest BCUT2D eigenvalue weighted by Crippen LogP contribution is 2.24. The van der Waals surface area contributed by atoms with Crippen LogP contribution in [0.4, 0.5) is 0 Å². The van der Waals surface area contributed by atoms with Crippen molar-refractivity contribution in [2.24, 2.45) is 0 Å². The van der Waals surface area contributed by atoms with E-state index in [-0.39, 0.29) is 12.0 Å². The van der Waals surface area contributed by atoms with Crippen LogP contribution in [-0.2, 0) is 11.2 Å². The van der Waals surface area contributed by atoms with E-state index in [4.69, 9.17) is 5.11 Å². The van der Waals surface area contributed by atoms with Crippen molar-refractivity contribution in [2.45, 2.75) is 50.5 Å². The fourth-order valence-corrected chi connectivity index (χ4v) is 2.55. The maximum Gasteiger partial charge on any atom is 0.0441 e. The van der Waals surface area contributed by atoms with Crippen LogP contribution >= 0.6 is 11.8 Å². The third-order valence-electron chi connectivity index (χ3n) is 2.89. The molecule has 1 N–H and O–H groups in total. The first-order chi connectivity index (χ1) is 7.93. The number of thioether (sulfide) groups is 1. The molecule has 0 heterocycles. The van der Waals surface area contributed by atoms with Crippen LogP contribution in [0.3, 0.4) is 0 Å². The van der Waals surface area contributed by atoms with Crippen LogP contribution in [0.5, 0.6) is 0 Å². The van der Waals surface area contributed by atoms with Crippen LogP contribution in [0, 0.1) is 0 Å². The van der Waals surface area contributed by atoms with Crippen molar-refractivity contribution >= 4 is 11.8 Å². The fourth-order valence-electron chi connectivity index (χ4n) is 1.60. The molecule has 1 aromatic carbocycles. The number of hydrogen-bond acceptors (Lipinski definition) is 2. The Bertz CT molecular complexity index is 324. The van der Waals surface area contributed by atoms with E-state index >= 15 is 0 Å². The summed E-state index contributed by atoms with van der Waals surface area (Å²) < 4.78 is 0. The van der Waals surface area contributed by atoms with Gasteiger partial charge in [0.25, 0.3) is 0 Å². The van der Waals surface area contributed by atoms with Gasteiger partial charge < -0.3 is 5.11 Å². The molecule has 1 atom stereocenters. The van der Waals surface area contributed by atoms with Crippen LogP contribution in [0.15, 0.2) is 24.3 Å². The monoisotopic (exact) mass is 252 g/mol. The van der Waals surface area contributed by atoms with Gasteiger partial charge in [-0.15, -0.1) is 0 Å². The SMILES string of the molecule is CC(CCO)SCc1ccc(C(C)(C)C)cc1. The summed E-state index contributed by atoms with van der Waals surface area (Å²) in [6.07, 6.45) is 0.880. The van der Waals surface area contributed by atoms with Crippen molar-refractivity contribution in [3.05, 3.63) is 35.4 Å². The second kappa shape index (κ2) is 6.46. The Morgan fingerprint density at radius 1 is 1.18 bits per heavy atom. The molecule has 1 unspecified atom stereocenters. The zero-order valence-electron chi connectivity index (χ0n) is 11.4. The average Bonchev–Trinajstić information content (AvgIpc) is 2.26. The molecule has 2 heteroatoms. The summed E-state index contributed by atoms with van der Waals surface area (Å²) in [5.41, 5.74) is 2.98. The van der Waals surface area contributed by atoms with E-state index in [2.05, 4.69) is 52.0 Å². The largest absolute Gasteiger partial charge is 0.396 e. The lowest BCUT2D eigenvalue weighted by Crippen LogP contribution is -2.10. The third-order valence-corrected chi connectivity index (χ3v) is 4.19. The van der Waals surface area contributed by atoms with Gasteiger partial charge in [-0.3, -0.25) is 0 Å². The van der Waals surface area contributed by atoms with Gasteiger partial charge in [-0.05, 0) is 23.0 Å². The second-order valence-electron chi connectivity index (χ2n) is 5.58. The number of aliphatic hydroxyl groups excluding tert-OH is 1. The summed E-state index contributed by atoms with van der Waals surface area (Å²) in [5, 5.41) is 9.38. The van der Waals surface area contributed by atoms with Gasteiger partial charge in [-0.2, -0.15) is 11.8 Å². The Hall–Kier alpha value is -0.470. The predicted molar refractivity (Wildman–Crippen MR) is 77.6 cm³/mol. The van der Waals surface area contributed by atoms with E-state index in [9.17, 15) is 0 Å². The number of aliphatic hydroxyl groups is 1. The van der Waals surface area contributed by atoms with Crippen molar-refractivity contribution < 1.29 is 5.11 Å². The number of benzene rings is 1. The molecule has 0 aliphatic carbocycles. The Labute approximate surface area is 110 Å². The smallest absolute Gasteiger partial charge is 0.0441 e. The molecule has 0 radical (unpaired) electrons. The molecule has 96 valence electrons. The summed E-state index contributed by atoms with van der Waals surface area (Å²) in [5.74, 6) is 1.03. The minimum absolute atomic E-state index is 0.232. The topological polar surface area (TPSA) is 20.2 Å². The van der Waals surface area contributed by atoms with Crippen LogP contribution < -0.4 is 0 Å². The average molecular weight is 252 g/mol. The third kappa shape index (κ3) is 5.13. The molecule has 0 amide bonds. The molecule has 17 heavy (non-hydrogen) atoms. The highest BCUT2D eigenvalue weighted by atomic mass is 32.2. The first kappa shape index (κ1) is 14.6. The summed E-state index contributed by atoms with van der Waals surface area (Å²) in [4.78, 5) is 0. The van der Waals surface area contributed by atoms with Gasteiger partial charge in [0.2, 0.25) is 0 Å². The quantitative estimate of drug-likeness (QED) is 0.855. The molecule has 1 aromatic rings. The first-order valence-corrected chi connectivity index (χ1v) is 7.30. The summed E-state index contributed by atoms with van der Waals surface area (Å²) in [6, 6.07) is 8.90. The molecule has 0 fully saturated rings. The van der Waals surface area contributed by atoms with Crippen molar-refractivity contribution in [3.8, 4) is 0 Å².